The summed E-state index contributed by atoms with van der Waals surface area (Å²) in [5.41, 5.74) is -1.98. The number of likely N-dealkylation sites (tertiary alicyclic amines) is 1. The molecule has 1 N–H and O–H groups in total. The number of nitrogens with zero attached hydrogens (tertiary/aromatic N) is 2. The summed E-state index contributed by atoms with van der Waals surface area (Å²) in [4.78, 5) is 44.9. The van der Waals surface area contributed by atoms with Crippen molar-refractivity contribution in [3.8, 4) is 0 Å². The molecule has 2 bridgehead atoms. The number of rotatable bonds is 10. The molecule has 2 amide bonds. The van der Waals surface area contributed by atoms with Gasteiger partial charge in [-0.25, -0.2) is 0 Å². The van der Waals surface area contributed by atoms with E-state index in [4.69, 9.17) is 9.47 Å². The Morgan fingerprint density at radius 3 is 2.60 bits per heavy atom. The Labute approximate surface area is 208 Å². The highest BCUT2D eigenvalue weighted by Gasteiger charge is 2.79. The number of ether oxygens (including phenoxy) is 2. The lowest BCUT2D eigenvalue weighted by atomic mass is 9.66. The first-order valence-corrected chi connectivity index (χ1v) is 13.1. The van der Waals surface area contributed by atoms with Crippen molar-refractivity contribution in [2.24, 2.45) is 11.8 Å². The summed E-state index contributed by atoms with van der Waals surface area (Å²) in [7, 11) is 0. The normalized spacial score (nSPS) is 35.0. The molecule has 8 heteroatoms. The van der Waals surface area contributed by atoms with E-state index in [2.05, 4.69) is 13.2 Å². The highest BCUT2D eigenvalue weighted by Crippen LogP contribution is 2.63. The maximum atomic E-state index is 14.3. The molecule has 0 aromatic carbocycles. The first kappa shape index (κ1) is 25.9. The zero-order valence-corrected chi connectivity index (χ0v) is 21.1. The van der Waals surface area contributed by atoms with Gasteiger partial charge in [0.2, 0.25) is 11.8 Å². The van der Waals surface area contributed by atoms with Crippen LogP contribution in [0.15, 0.2) is 25.3 Å². The zero-order chi connectivity index (χ0) is 25.4. The van der Waals surface area contributed by atoms with Crippen molar-refractivity contribution in [2.45, 2.75) is 94.5 Å². The topological polar surface area (TPSA) is 96.4 Å². The zero-order valence-electron chi connectivity index (χ0n) is 21.1. The number of carbonyl (C=O) groups is 3. The number of hydrogen-bond donors (Lipinski definition) is 1. The number of carbonyl (C=O) groups excluding carboxylic acids is 3. The van der Waals surface area contributed by atoms with Gasteiger partial charge in [-0.15, -0.1) is 13.2 Å². The van der Waals surface area contributed by atoms with Crippen LogP contribution in [-0.4, -0.2) is 81.8 Å². The standard InChI is InChI=1S/C27H40N2O6/c1-5-7-16-34-25(33)21-20-23(31)29(18(3)17-30)22(27(20)14-13-26(21,4)35-27)24(32)28(15-6-2)19-11-9-8-10-12-19/h5-6,18-22,30H,1-2,7-17H2,3-4H3/t18-,20+,21+,22?,26-,27?/m1/s1. The first-order chi connectivity index (χ1) is 16.8. The second-order valence-electron chi connectivity index (χ2n) is 10.8. The van der Waals surface area contributed by atoms with Crippen molar-refractivity contribution in [1.82, 2.24) is 9.80 Å². The number of fused-ring (bicyclic) bond motifs is 1. The molecule has 3 aliphatic heterocycles. The van der Waals surface area contributed by atoms with Crippen LogP contribution in [-0.2, 0) is 23.9 Å². The number of aliphatic hydroxyl groups is 1. The summed E-state index contributed by atoms with van der Waals surface area (Å²) in [6.45, 7) is 11.4. The first-order valence-electron chi connectivity index (χ1n) is 13.1. The second kappa shape index (κ2) is 10.1. The van der Waals surface area contributed by atoms with Crippen LogP contribution in [0.5, 0.6) is 0 Å². The van der Waals surface area contributed by atoms with Gasteiger partial charge in [0.05, 0.1) is 30.8 Å². The third-order valence-electron chi connectivity index (χ3n) is 8.63. The lowest BCUT2D eigenvalue weighted by Gasteiger charge is -2.42. The molecule has 0 radical (unpaired) electrons. The van der Waals surface area contributed by atoms with Crippen molar-refractivity contribution in [3.05, 3.63) is 25.3 Å². The summed E-state index contributed by atoms with van der Waals surface area (Å²) in [6.07, 6.45) is 10.1. The minimum Gasteiger partial charge on any atom is -0.465 e. The van der Waals surface area contributed by atoms with Gasteiger partial charge in [-0.05, 0) is 46.0 Å². The fourth-order valence-corrected chi connectivity index (χ4v) is 7.00. The Morgan fingerprint density at radius 1 is 1.26 bits per heavy atom. The average Bonchev–Trinajstić information content (AvgIpc) is 3.43. The summed E-state index contributed by atoms with van der Waals surface area (Å²) in [5.74, 6) is -2.53. The van der Waals surface area contributed by atoms with E-state index in [1.54, 1.807) is 19.1 Å². The number of aliphatic hydroxyl groups excluding tert-OH is 1. The van der Waals surface area contributed by atoms with Crippen molar-refractivity contribution in [3.63, 3.8) is 0 Å². The van der Waals surface area contributed by atoms with Crippen LogP contribution in [0.4, 0.5) is 0 Å². The molecule has 3 saturated heterocycles. The molecule has 0 aromatic heterocycles. The molecule has 4 fully saturated rings. The lowest BCUT2D eigenvalue weighted by Crippen LogP contribution is -2.60. The third-order valence-corrected chi connectivity index (χ3v) is 8.63. The largest absolute Gasteiger partial charge is 0.465 e. The minimum atomic E-state index is -1.11. The molecule has 3 heterocycles. The highest BCUT2D eigenvalue weighted by molar-refractivity contribution is 5.98. The Kier molecular flexibility index (Phi) is 7.44. The van der Waals surface area contributed by atoms with E-state index in [-0.39, 0.29) is 31.1 Å². The Morgan fingerprint density at radius 2 is 1.97 bits per heavy atom. The quantitative estimate of drug-likeness (QED) is 0.289. The van der Waals surface area contributed by atoms with Gasteiger partial charge in [-0.2, -0.15) is 0 Å². The van der Waals surface area contributed by atoms with Crippen LogP contribution in [0.25, 0.3) is 0 Å². The van der Waals surface area contributed by atoms with Gasteiger partial charge in [0.15, 0.2) is 0 Å². The monoisotopic (exact) mass is 488 g/mol. The van der Waals surface area contributed by atoms with Crippen molar-refractivity contribution < 1.29 is 29.0 Å². The van der Waals surface area contributed by atoms with Gasteiger partial charge < -0.3 is 24.4 Å². The fraction of sp³-hybridized carbons (Fsp3) is 0.741. The summed E-state index contributed by atoms with van der Waals surface area (Å²) in [5, 5.41) is 10.0. The van der Waals surface area contributed by atoms with Crippen LogP contribution in [0, 0.1) is 11.8 Å². The third kappa shape index (κ3) is 4.12. The van der Waals surface area contributed by atoms with Gasteiger partial charge in [0.25, 0.3) is 0 Å². The van der Waals surface area contributed by atoms with Crippen LogP contribution in [0.2, 0.25) is 0 Å². The van der Waals surface area contributed by atoms with Gasteiger partial charge in [-0.1, -0.05) is 31.4 Å². The van der Waals surface area contributed by atoms with Crippen molar-refractivity contribution >= 4 is 17.8 Å². The van der Waals surface area contributed by atoms with E-state index in [9.17, 15) is 19.5 Å². The Hall–Kier alpha value is -2.19. The molecule has 194 valence electrons. The maximum absolute atomic E-state index is 14.3. The number of amides is 2. The maximum Gasteiger partial charge on any atom is 0.312 e. The molecule has 1 aliphatic carbocycles. The van der Waals surface area contributed by atoms with E-state index in [0.29, 0.717) is 25.8 Å². The van der Waals surface area contributed by atoms with Gasteiger partial charge >= 0.3 is 5.97 Å². The van der Waals surface area contributed by atoms with E-state index in [1.807, 2.05) is 11.8 Å². The van der Waals surface area contributed by atoms with Crippen molar-refractivity contribution in [1.29, 1.82) is 0 Å². The highest BCUT2D eigenvalue weighted by atomic mass is 16.6. The molecule has 35 heavy (non-hydrogen) atoms. The second-order valence-corrected chi connectivity index (χ2v) is 10.8. The summed E-state index contributed by atoms with van der Waals surface area (Å²) < 4.78 is 12.1. The number of hydrogen-bond acceptors (Lipinski definition) is 6. The molecule has 6 atom stereocenters. The SMILES string of the molecule is C=CCCOC(=O)[C@@H]1[C@H]2C(=O)N([C@H](C)CO)C(C(=O)N(CC=C)C3CCCCC3)C23CC[C@@]1(C)O3. The van der Waals surface area contributed by atoms with Gasteiger partial charge in [0.1, 0.15) is 17.6 Å². The molecular formula is C27H40N2O6. The Balaban J connectivity index is 1.73. The van der Waals surface area contributed by atoms with Crippen molar-refractivity contribution in [2.75, 3.05) is 19.8 Å². The molecule has 1 spiro atoms. The van der Waals surface area contributed by atoms with Crippen LogP contribution in [0.3, 0.4) is 0 Å². The van der Waals surface area contributed by atoms with Gasteiger partial charge in [0, 0.05) is 12.6 Å². The molecule has 2 unspecified atom stereocenters. The summed E-state index contributed by atoms with van der Waals surface area (Å²) in [6, 6.07) is -1.39. The molecule has 1 saturated carbocycles. The van der Waals surface area contributed by atoms with E-state index < -0.39 is 41.1 Å². The minimum absolute atomic E-state index is 0.0833. The van der Waals surface area contributed by atoms with E-state index >= 15 is 0 Å². The predicted molar refractivity (Wildman–Crippen MR) is 130 cm³/mol. The average molecular weight is 489 g/mol. The van der Waals surface area contributed by atoms with E-state index in [0.717, 1.165) is 32.1 Å². The molecular weight excluding hydrogens is 448 g/mol. The van der Waals surface area contributed by atoms with Crippen LogP contribution < -0.4 is 0 Å². The van der Waals surface area contributed by atoms with Crippen LogP contribution in [0.1, 0.15) is 65.2 Å². The Bertz CT molecular complexity index is 870. The summed E-state index contributed by atoms with van der Waals surface area (Å²) >= 11 is 0. The van der Waals surface area contributed by atoms with E-state index in [1.165, 1.54) is 4.90 Å². The van der Waals surface area contributed by atoms with Gasteiger partial charge in [-0.3, -0.25) is 14.4 Å². The van der Waals surface area contributed by atoms with Crippen LogP contribution >= 0.6 is 0 Å². The number of esters is 1. The lowest BCUT2D eigenvalue weighted by molar-refractivity contribution is -0.162. The predicted octanol–water partition coefficient (Wildman–Crippen LogP) is 2.60. The molecule has 0 aromatic rings. The molecule has 4 aliphatic rings. The fourth-order valence-electron chi connectivity index (χ4n) is 7.00. The molecule has 8 nitrogen and oxygen atoms in total. The molecule has 4 rings (SSSR count). The smallest absolute Gasteiger partial charge is 0.312 e.